The molecule has 2 aliphatic rings. The molecule has 3 nitrogen and oxygen atoms in total. The average Bonchev–Trinajstić information content (AvgIpc) is 2.21. The predicted octanol–water partition coefficient (Wildman–Crippen LogP) is 0.891. The largest absolute Gasteiger partial charge is 0.384 e. The van der Waals surface area contributed by atoms with Crippen LogP contribution in [0.3, 0.4) is 0 Å². The Labute approximate surface area is 79.3 Å². The first-order chi connectivity index (χ1) is 6.45. The summed E-state index contributed by atoms with van der Waals surface area (Å²) in [4.78, 5) is 4.38. The molecule has 72 valence electrons. The van der Waals surface area contributed by atoms with Crippen LogP contribution in [0.25, 0.3) is 0 Å². The number of hydrogen-bond acceptors (Lipinski definition) is 3. The van der Waals surface area contributed by atoms with E-state index in [1.54, 1.807) is 0 Å². The van der Waals surface area contributed by atoms with Crippen LogP contribution in [0, 0.1) is 5.92 Å². The lowest BCUT2D eigenvalue weighted by Gasteiger charge is -2.23. The lowest BCUT2D eigenvalue weighted by Crippen LogP contribution is -2.31. The molecule has 13 heavy (non-hydrogen) atoms. The van der Waals surface area contributed by atoms with Crippen molar-refractivity contribution < 1.29 is 0 Å². The molecule has 0 amide bonds. The first kappa shape index (κ1) is 8.75. The molecular weight excluding hydrogens is 162 g/mol. The van der Waals surface area contributed by atoms with E-state index in [1.165, 1.54) is 38.1 Å². The fraction of sp³-hybridized carbons (Fsp3) is 0.700. The molecule has 0 spiro atoms. The van der Waals surface area contributed by atoms with Crippen molar-refractivity contribution in [2.45, 2.75) is 19.3 Å². The fourth-order valence-electron chi connectivity index (χ4n) is 1.96. The van der Waals surface area contributed by atoms with Crippen LogP contribution in [-0.4, -0.2) is 25.3 Å². The van der Waals surface area contributed by atoms with E-state index in [2.05, 4.69) is 15.6 Å². The molecular formula is C10H17N3. The maximum atomic E-state index is 4.38. The van der Waals surface area contributed by atoms with E-state index >= 15 is 0 Å². The quantitative estimate of drug-likeness (QED) is 0.660. The Morgan fingerprint density at radius 3 is 2.92 bits per heavy atom. The van der Waals surface area contributed by atoms with E-state index in [4.69, 9.17) is 0 Å². The summed E-state index contributed by atoms with van der Waals surface area (Å²) in [6, 6.07) is 0. The van der Waals surface area contributed by atoms with Gasteiger partial charge in [-0.15, -0.1) is 0 Å². The Bertz CT molecular complexity index is 214. The van der Waals surface area contributed by atoms with Crippen LogP contribution in [0.4, 0.5) is 0 Å². The van der Waals surface area contributed by atoms with Gasteiger partial charge >= 0.3 is 0 Å². The highest BCUT2D eigenvalue weighted by Crippen LogP contribution is 2.16. The van der Waals surface area contributed by atoms with Gasteiger partial charge in [-0.05, 0) is 38.3 Å². The molecule has 0 radical (unpaired) electrons. The van der Waals surface area contributed by atoms with E-state index in [1.807, 2.05) is 12.4 Å². The Kier molecular flexibility index (Phi) is 2.98. The molecule has 0 unspecified atom stereocenters. The van der Waals surface area contributed by atoms with Crippen molar-refractivity contribution in [1.82, 2.24) is 10.6 Å². The van der Waals surface area contributed by atoms with Crippen molar-refractivity contribution in [3.05, 3.63) is 12.4 Å². The zero-order chi connectivity index (χ0) is 8.93. The van der Waals surface area contributed by atoms with Crippen LogP contribution in [0.1, 0.15) is 19.3 Å². The molecule has 2 rings (SSSR count). The molecule has 0 atom stereocenters. The molecule has 1 saturated heterocycles. The highest BCUT2D eigenvalue weighted by Gasteiger charge is 2.15. The van der Waals surface area contributed by atoms with E-state index in [0.717, 1.165) is 12.5 Å². The summed E-state index contributed by atoms with van der Waals surface area (Å²) in [5.41, 5.74) is 1.31. The summed E-state index contributed by atoms with van der Waals surface area (Å²) < 4.78 is 0. The molecule has 0 aromatic rings. The van der Waals surface area contributed by atoms with Gasteiger partial charge in [-0.2, -0.15) is 0 Å². The third-order valence-electron chi connectivity index (χ3n) is 2.74. The lowest BCUT2D eigenvalue weighted by molar-refractivity contribution is 0.383. The SMILES string of the molecule is C1=CNCC(CC2CCNCC2)=N1. The predicted molar refractivity (Wildman–Crippen MR) is 54.8 cm³/mol. The molecule has 2 heterocycles. The van der Waals surface area contributed by atoms with Gasteiger partial charge in [0, 0.05) is 18.1 Å². The van der Waals surface area contributed by atoms with Gasteiger partial charge in [0.1, 0.15) is 0 Å². The van der Waals surface area contributed by atoms with E-state index in [9.17, 15) is 0 Å². The van der Waals surface area contributed by atoms with Gasteiger partial charge in [-0.3, -0.25) is 4.99 Å². The molecule has 0 aliphatic carbocycles. The number of hydrogen-bond donors (Lipinski definition) is 2. The molecule has 0 aromatic carbocycles. The van der Waals surface area contributed by atoms with Crippen molar-refractivity contribution in [3.63, 3.8) is 0 Å². The lowest BCUT2D eigenvalue weighted by atomic mass is 9.92. The molecule has 0 aromatic heterocycles. The van der Waals surface area contributed by atoms with Crippen LogP contribution in [0.15, 0.2) is 17.4 Å². The molecule has 1 fully saturated rings. The molecule has 0 saturated carbocycles. The summed E-state index contributed by atoms with van der Waals surface area (Å²) in [7, 11) is 0. The first-order valence-corrected chi connectivity index (χ1v) is 5.10. The van der Waals surface area contributed by atoms with Crippen LogP contribution in [0.2, 0.25) is 0 Å². The molecule has 2 N–H and O–H groups in total. The number of rotatable bonds is 2. The second-order valence-electron chi connectivity index (χ2n) is 3.79. The third-order valence-corrected chi connectivity index (χ3v) is 2.74. The second kappa shape index (κ2) is 4.42. The van der Waals surface area contributed by atoms with Gasteiger partial charge in [0.15, 0.2) is 0 Å². The zero-order valence-corrected chi connectivity index (χ0v) is 7.92. The average molecular weight is 179 g/mol. The summed E-state index contributed by atoms with van der Waals surface area (Å²) in [5.74, 6) is 0.855. The maximum Gasteiger partial charge on any atom is 0.0529 e. The minimum atomic E-state index is 0.855. The van der Waals surface area contributed by atoms with E-state index < -0.39 is 0 Å². The van der Waals surface area contributed by atoms with Crippen LogP contribution >= 0.6 is 0 Å². The highest BCUT2D eigenvalue weighted by atomic mass is 14.9. The summed E-state index contributed by atoms with van der Waals surface area (Å²) in [6.45, 7) is 3.31. The second-order valence-corrected chi connectivity index (χ2v) is 3.79. The van der Waals surface area contributed by atoms with Crippen molar-refractivity contribution in [2.24, 2.45) is 10.9 Å². The van der Waals surface area contributed by atoms with Crippen LogP contribution in [0.5, 0.6) is 0 Å². The van der Waals surface area contributed by atoms with Gasteiger partial charge in [-0.25, -0.2) is 0 Å². The van der Waals surface area contributed by atoms with E-state index in [-0.39, 0.29) is 0 Å². The number of nitrogens with zero attached hydrogens (tertiary/aromatic N) is 1. The van der Waals surface area contributed by atoms with Gasteiger partial charge < -0.3 is 10.6 Å². The molecule has 0 bridgehead atoms. The van der Waals surface area contributed by atoms with Crippen LogP contribution < -0.4 is 10.6 Å². The van der Waals surface area contributed by atoms with Crippen molar-refractivity contribution in [2.75, 3.05) is 19.6 Å². The van der Waals surface area contributed by atoms with Gasteiger partial charge in [0.25, 0.3) is 0 Å². The minimum absolute atomic E-state index is 0.855. The van der Waals surface area contributed by atoms with Gasteiger partial charge in [0.2, 0.25) is 0 Å². The summed E-state index contributed by atoms with van der Waals surface area (Å²) >= 11 is 0. The normalized spacial score (nSPS) is 23.8. The van der Waals surface area contributed by atoms with Gasteiger partial charge in [0.05, 0.1) is 6.54 Å². The Morgan fingerprint density at radius 1 is 1.38 bits per heavy atom. The fourth-order valence-corrected chi connectivity index (χ4v) is 1.96. The number of piperidine rings is 1. The van der Waals surface area contributed by atoms with E-state index in [0.29, 0.717) is 0 Å². The zero-order valence-electron chi connectivity index (χ0n) is 7.92. The minimum Gasteiger partial charge on any atom is -0.384 e. The third kappa shape index (κ3) is 2.56. The molecule has 2 aliphatic heterocycles. The van der Waals surface area contributed by atoms with Crippen molar-refractivity contribution in [3.8, 4) is 0 Å². The van der Waals surface area contributed by atoms with Gasteiger partial charge in [-0.1, -0.05) is 0 Å². The standard InChI is InChI=1S/C10H17N3/c1-3-11-4-2-9(1)7-10-8-12-5-6-13-10/h5-6,9,11-12H,1-4,7-8H2. The number of aliphatic imine (C=N–C) groups is 1. The topological polar surface area (TPSA) is 36.4 Å². The monoisotopic (exact) mass is 179 g/mol. The van der Waals surface area contributed by atoms with Crippen molar-refractivity contribution >= 4 is 5.71 Å². The van der Waals surface area contributed by atoms with Crippen molar-refractivity contribution in [1.29, 1.82) is 0 Å². The Balaban J connectivity index is 1.82. The smallest absolute Gasteiger partial charge is 0.0529 e. The summed E-state index contributed by atoms with van der Waals surface area (Å²) in [5, 5.41) is 6.58. The number of nitrogens with one attached hydrogen (secondary N) is 2. The Hall–Kier alpha value is -0.830. The van der Waals surface area contributed by atoms with Crippen LogP contribution in [-0.2, 0) is 0 Å². The Morgan fingerprint density at radius 2 is 2.23 bits per heavy atom. The highest BCUT2D eigenvalue weighted by molar-refractivity contribution is 5.87. The molecule has 3 heteroatoms. The summed E-state index contributed by atoms with van der Waals surface area (Å²) in [6.07, 6.45) is 7.57. The first-order valence-electron chi connectivity index (χ1n) is 5.10. The maximum absolute atomic E-state index is 4.38.